The van der Waals surface area contributed by atoms with Crippen LogP contribution in [0.3, 0.4) is 0 Å². The van der Waals surface area contributed by atoms with Crippen molar-refractivity contribution in [2.24, 2.45) is 5.41 Å². The average Bonchev–Trinajstić information content (AvgIpc) is 2.95. The standard InChI is InChI=1S/C19H24ClNO3S/c1-19(2,3)17-12-25-18(21(17)8-9-23-4)11-15(22)14-10-13(20)6-7-16(14)24-5/h6-7,10-12H,8-9H2,1-5H3. The Bertz CT molecular complexity index is 707. The molecule has 0 atom stereocenters. The largest absolute Gasteiger partial charge is 0.496 e. The molecule has 1 heterocycles. The van der Waals surface area contributed by atoms with E-state index in [1.54, 1.807) is 50.3 Å². The Hall–Kier alpha value is -1.43. The summed E-state index contributed by atoms with van der Waals surface area (Å²) in [6.45, 7) is 7.75. The SMILES string of the molecule is COCCN1C(=CC(=O)c2cc(Cl)ccc2OC)SC=C1C(C)(C)C. The van der Waals surface area contributed by atoms with Crippen LogP contribution < -0.4 is 4.74 Å². The summed E-state index contributed by atoms with van der Waals surface area (Å²) < 4.78 is 10.5. The van der Waals surface area contributed by atoms with Crippen molar-refractivity contribution in [1.29, 1.82) is 0 Å². The van der Waals surface area contributed by atoms with E-state index in [0.29, 0.717) is 29.5 Å². The normalized spacial score (nSPS) is 16.3. The highest BCUT2D eigenvalue weighted by molar-refractivity contribution is 8.06. The van der Waals surface area contributed by atoms with Gasteiger partial charge >= 0.3 is 0 Å². The molecular weight excluding hydrogens is 358 g/mol. The van der Waals surface area contributed by atoms with Gasteiger partial charge in [0.15, 0.2) is 5.78 Å². The molecule has 0 radical (unpaired) electrons. The van der Waals surface area contributed by atoms with Crippen LogP contribution in [0.1, 0.15) is 31.1 Å². The maximum atomic E-state index is 12.8. The summed E-state index contributed by atoms with van der Waals surface area (Å²) in [5.74, 6) is 0.384. The molecule has 1 aliphatic heterocycles. The van der Waals surface area contributed by atoms with E-state index in [1.807, 2.05) is 0 Å². The van der Waals surface area contributed by atoms with Crippen LogP contribution >= 0.6 is 23.4 Å². The molecule has 1 aromatic rings. The van der Waals surface area contributed by atoms with Crippen molar-refractivity contribution in [3.8, 4) is 5.75 Å². The summed E-state index contributed by atoms with van der Waals surface area (Å²) >= 11 is 7.60. The van der Waals surface area contributed by atoms with Gasteiger partial charge in [-0.3, -0.25) is 4.79 Å². The van der Waals surface area contributed by atoms with E-state index in [4.69, 9.17) is 21.1 Å². The van der Waals surface area contributed by atoms with E-state index in [-0.39, 0.29) is 11.2 Å². The second-order valence-corrected chi connectivity index (χ2v) is 8.03. The molecule has 1 aliphatic rings. The number of hydrogen-bond donors (Lipinski definition) is 0. The van der Waals surface area contributed by atoms with Crippen LogP contribution in [0.25, 0.3) is 0 Å². The molecule has 0 spiro atoms. The monoisotopic (exact) mass is 381 g/mol. The Morgan fingerprint density at radius 1 is 1.32 bits per heavy atom. The lowest BCUT2D eigenvalue weighted by Gasteiger charge is -2.31. The maximum absolute atomic E-state index is 12.8. The number of benzene rings is 1. The van der Waals surface area contributed by atoms with Crippen LogP contribution in [0.4, 0.5) is 0 Å². The minimum absolute atomic E-state index is 0.0207. The summed E-state index contributed by atoms with van der Waals surface area (Å²) in [6.07, 6.45) is 1.64. The van der Waals surface area contributed by atoms with Crippen molar-refractivity contribution in [2.45, 2.75) is 20.8 Å². The fourth-order valence-electron chi connectivity index (χ4n) is 2.53. The summed E-state index contributed by atoms with van der Waals surface area (Å²) in [5.41, 5.74) is 1.61. The van der Waals surface area contributed by atoms with Gasteiger partial charge in [-0.05, 0) is 23.6 Å². The van der Waals surface area contributed by atoms with Crippen LogP contribution in [0.5, 0.6) is 5.75 Å². The van der Waals surface area contributed by atoms with Gasteiger partial charge in [0.25, 0.3) is 0 Å². The van der Waals surface area contributed by atoms with Gasteiger partial charge in [0.2, 0.25) is 0 Å². The molecule has 2 rings (SSSR count). The third-order valence-corrected chi connectivity index (χ3v) is 4.97. The first-order valence-corrected chi connectivity index (χ1v) is 9.27. The molecule has 0 aromatic heterocycles. The highest BCUT2D eigenvalue weighted by atomic mass is 35.5. The van der Waals surface area contributed by atoms with Gasteiger partial charge in [-0.2, -0.15) is 0 Å². The van der Waals surface area contributed by atoms with Gasteiger partial charge in [0.05, 0.1) is 24.3 Å². The number of allylic oxidation sites excluding steroid dienone is 2. The van der Waals surface area contributed by atoms with Crippen LogP contribution in [-0.4, -0.2) is 38.1 Å². The number of carbonyl (C=O) groups is 1. The molecule has 6 heteroatoms. The van der Waals surface area contributed by atoms with Crippen LogP contribution in [0.15, 0.2) is 40.4 Å². The molecule has 0 saturated carbocycles. The van der Waals surface area contributed by atoms with E-state index >= 15 is 0 Å². The zero-order valence-corrected chi connectivity index (χ0v) is 16.8. The van der Waals surface area contributed by atoms with Gasteiger partial charge in [0.1, 0.15) is 5.75 Å². The van der Waals surface area contributed by atoms with Gasteiger partial charge < -0.3 is 14.4 Å². The van der Waals surface area contributed by atoms with Crippen LogP contribution in [0.2, 0.25) is 5.02 Å². The molecule has 0 saturated heterocycles. The fourth-order valence-corrected chi connectivity index (χ4v) is 3.91. The van der Waals surface area contributed by atoms with Crippen molar-refractivity contribution in [2.75, 3.05) is 27.4 Å². The van der Waals surface area contributed by atoms with Crippen molar-refractivity contribution >= 4 is 29.1 Å². The first-order chi connectivity index (χ1) is 11.8. The minimum Gasteiger partial charge on any atom is -0.496 e. The first-order valence-electron chi connectivity index (χ1n) is 8.01. The molecule has 0 unspecified atom stereocenters. The Balaban J connectivity index is 2.33. The number of ether oxygens (including phenoxy) is 2. The van der Waals surface area contributed by atoms with E-state index < -0.39 is 0 Å². The van der Waals surface area contributed by atoms with Gasteiger partial charge in [-0.15, -0.1) is 0 Å². The highest BCUT2D eigenvalue weighted by Crippen LogP contribution is 2.42. The van der Waals surface area contributed by atoms with E-state index in [1.165, 1.54) is 5.70 Å². The Labute approximate surface area is 158 Å². The molecule has 136 valence electrons. The lowest BCUT2D eigenvalue weighted by Crippen LogP contribution is -2.29. The quantitative estimate of drug-likeness (QED) is 0.514. The first kappa shape index (κ1) is 19.9. The summed E-state index contributed by atoms with van der Waals surface area (Å²) in [7, 11) is 3.22. The summed E-state index contributed by atoms with van der Waals surface area (Å²) in [4.78, 5) is 14.9. The predicted molar refractivity (Wildman–Crippen MR) is 104 cm³/mol. The summed E-state index contributed by atoms with van der Waals surface area (Å²) in [5, 5.41) is 3.49. The van der Waals surface area contributed by atoms with Gasteiger partial charge in [-0.25, -0.2) is 0 Å². The van der Waals surface area contributed by atoms with Crippen molar-refractivity contribution < 1.29 is 14.3 Å². The third kappa shape index (κ3) is 4.81. The topological polar surface area (TPSA) is 38.8 Å². The number of halogens is 1. The Kier molecular flexibility index (Phi) is 6.60. The van der Waals surface area contributed by atoms with E-state index in [0.717, 1.165) is 5.03 Å². The second-order valence-electron chi connectivity index (χ2n) is 6.71. The van der Waals surface area contributed by atoms with E-state index in [9.17, 15) is 4.79 Å². The number of rotatable bonds is 6. The zero-order chi connectivity index (χ0) is 18.6. The molecule has 25 heavy (non-hydrogen) atoms. The van der Waals surface area contributed by atoms with Crippen molar-refractivity contribution in [3.05, 3.63) is 51.0 Å². The fraction of sp³-hybridized carbons (Fsp3) is 0.421. The average molecular weight is 382 g/mol. The number of thioether (sulfide) groups is 1. The van der Waals surface area contributed by atoms with Gasteiger partial charge in [0, 0.05) is 35.9 Å². The molecule has 0 aliphatic carbocycles. The van der Waals surface area contributed by atoms with Crippen LogP contribution in [-0.2, 0) is 4.74 Å². The lowest BCUT2D eigenvalue weighted by atomic mass is 9.92. The molecular formula is C19H24ClNO3S. The third-order valence-electron chi connectivity index (χ3n) is 3.82. The minimum atomic E-state index is -0.132. The molecule has 0 amide bonds. The second kappa shape index (κ2) is 8.30. The Morgan fingerprint density at radius 2 is 2.04 bits per heavy atom. The molecule has 1 aromatic carbocycles. The Morgan fingerprint density at radius 3 is 2.64 bits per heavy atom. The number of methoxy groups -OCH3 is 2. The van der Waals surface area contributed by atoms with E-state index in [2.05, 4.69) is 31.1 Å². The molecule has 4 nitrogen and oxygen atoms in total. The predicted octanol–water partition coefficient (Wildman–Crippen LogP) is 4.96. The van der Waals surface area contributed by atoms with Crippen molar-refractivity contribution in [1.82, 2.24) is 4.90 Å². The summed E-state index contributed by atoms with van der Waals surface area (Å²) in [6, 6.07) is 5.05. The zero-order valence-electron chi connectivity index (χ0n) is 15.3. The molecule has 0 N–H and O–H groups in total. The van der Waals surface area contributed by atoms with Crippen LogP contribution in [0, 0.1) is 5.41 Å². The molecule has 0 fully saturated rings. The molecule has 0 bridgehead atoms. The maximum Gasteiger partial charge on any atom is 0.192 e. The number of hydrogen-bond acceptors (Lipinski definition) is 5. The smallest absolute Gasteiger partial charge is 0.192 e. The lowest BCUT2D eigenvalue weighted by molar-refractivity contribution is 0.104. The van der Waals surface area contributed by atoms with Crippen molar-refractivity contribution in [3.63, 3.8) is 0 Å². The van der Waals surface area contributed by atoms with Gasteiger partial charge in [-0.1, -0.05) is 44.1 Å². The number of ketones is 1. The number of carbonyl (C=O) groups excluding carboxylic acids is 1. The highest BCUT2D eigenvalue weighted by Gasteiger charge is 2.30. The number of nitrogens with zero attached hydrogens (tertiary/aromatic N) is 1.